The van der Waals surface area contributed by atoms with Crippen molar-refractivity contribution < 1.29 is 28.2 Å². The number of rotatable bonds is 7. The highest BCUT2D eigenvalue weighted by atomic mass is 35.5. The van der Waals surface area contributed by atoms with E-state index in [0.717, 1.165) is 16.0 Å². The molecule has 0 spiro atoms. The third-order valence-electron chi connectivity index (χ3n) is 5.89. The van der Waals surface area contributed by atoms with Crippen LogP contribution >= 0.6 is 11.6 Å². The van der Waals surface area contributed by atoms with Gasteiger partial charge in [-0.3, -0.25) is 14.9 Å². The number of barbiturate groups is 1. The second-order valence-corrected chi connectivity index (χ2v) is 8.73. The molecule has 0 atom stereocenters. The fraction of sp³-hybridized carbons (Fsp3) is 0.179. The molecule has 190 valence electrons. The summed E-state index contributed by atoms with van der Waals surface area (Å²) in [7, 11) is 0. The molecule has 4 rings (SSSR count). The van der Waals surface area contributed by atoms with Gasteiger partial charge in [-0.15, -0.1) is 0 Å². The third-order valence-corrected chi connectivity index (χ3v) is 6.17. The summed E-state index contributed by atoms with van der Waals surface area (Å²) in [4.78, 5) is 39.5. The van der Waals surface area contributed by atoms with Crippen LogP contribution in [0.3, 0.4) is 0 Å². The van der Waals surface area contributed by atoms with Gasteiger partial charge in [0.1, 0.15) is 18.0 Å². The fourth-order valence-electron chi connectivity index (χ4n) is 3.86. The van der Waals surface area contributed by atoms with Gasteiger partial charge in [-0.2, -0.15) is 0 Å². The number of anilines is 1. The summed E-state index contributed by atoms with van der Waals surface area (Å²) in [6.45, 7) is 5.62. The van der Waals surface area contributed by atoms with Crippen LogP contribution in [-0.4, -0.2) is 24.5 Å². The van der Waals surface area contributed by atoms with Crippen LogP contribution in [0.15, 0.2) is 60.2 Å². The van der Waals surface area contributed by atoms with Crippen LogP contribution < -0.4 is 19.7 Å². The van der Waals surface area contributed by atoms with Crippen molar-refractivity contribution in [2.75, 3.05) is 11.5 Å². The molecule has 1 aliphatic heterocycles. The first-order valence-corrected chi connectivity index (χ1v) is 11.9. The van der Waals surface area contributed by atoms with Gasteiger partial charge in [-0.05, 0) is 67.8 Å². The number of hydrogen-bond acceptors (Lipinski definition) is 5. The zero-order chi connectivity index (χ0) is 26.7. The van der Waals surface area contributed by atoms with Gasteiger partial charge < -0.3 is 9.47 Å². The lowest BCUT2D eigenvalue weighted by atomic mass is 10.0. The maximum atomic E-state index is 14.0. The van der Waals surface area contributed by atoms with E-state index in [1.807, 2.05) is 13.0 Å². The highest BCUT2D eigenvalue weighted by Crippen LogP contribution is 2.38. The van der Waals surface area contributed by atoms with Crippen LogP contribution in [0.4, 0.5) is 14.9 Å². The molecule has 37 heavy (non-hydrogen) atoms. The largest absolute Gasteiger partial charge is 0.490 e. The van der Waals surface area contributed by atoms with Crippen molar-refractivity contribution in [2.45, 2.75) is 27.4 Å². The molecule has 0 unspecified atom stereocenters. The average molecular weight is 523 g/mol. The van der Waals surface area contributed by atoms with E-state index in [1.54, 1.807) is 50.2 Å². The summed E-state index contributed by atoms with van der Waals surface area (Å²) >= 11 is 6.47. The molecular formula is C28H24ClFN2O5. The van der Waals surface area contributed by atoms with E-state index in [-0.39, 0.29) is 35.3 Å². The Morgan fingerprint density at radius 2 is 1.78 bits per heavy atom. The summed E-state index contributed by atoms with van der Waals surface area (Å²) in [6.07, 6.45) is 1.33. The van der Waals surface area contributed by atoms with E-state index >= 15 is 0 Å². The summed E-state index contributed by atoms with van der Waals surface area (Å²) in [5.74, 6) is -1.56. The van der Waals surface area contributed by atoms with Crippen molar-refractivity contribution in [1.29, 1.82) is 0 Å². The number of imide groups is 2. The molecule has 0 saturated carbocycles. The Balaban J connectivity index is 1.69. The number of nitrogens with zero attached hydrogens (tertiary/aromatic N) is 1. The number of benzene rings is 3. The molecule has 3 aromatic carbocycles. The van der Waals surface area contributed by atoms with E-state index in [4.69, 9.17) is 21.1 Å². The topological polar surface area (TPSA) is 84.9 Å². The van der Waals surface area contributed by atoms with Crippen molar-refractivity contribution >= 4 is 41.2 Å². The van der Waals surface area contributed by atoms with Gasteiger partial charge in [0.05, 0.1) is 17.3 Å². The molecule has 1 heterocycles. The number of urea groups is 1. The van der Waals surface area contributed by atoms with Gasteiger partial charge >= 0.3 is 6.03 Å². The Labute approximate surface area is 218 Å². The second-order valence-electron chi connectivity index (χ2n) is 8.32. The summed E-state index contributed by atoms with van der Waals surface area (Å²) in [5, 5.41) is 2.36. The van der Waals surface area contributed by atoms with Crippen molar-refractivity contribution in [3.05, 3.63) is 93.3 Å². The lowest BCUT2D eigenvalue weighted by Crippen LogP contribution is -2.54. The molecule has 7 nitrogen and oxygen atoms in total. The molecule has 0 bridgehead atoms. The van der Waals surface area contributed by atoms with Crippen molar-refractivity contribution in [2.24, 2.45) is 0 Å². The fourth-order valence-corrected chi connectivity index (χ4v) is 4.13. The number of halogens is 2. The standard InChI is InChI=1S/C28H24ClFN2O5/c1-4-36-24-14-18(13-21(29)25(24)37-15-19-9-5-6-10-22(19)30)12-20-26(33)31-28(35)32(27(20)34)23-11-7-8-16(2)17(23)3/h5-14H,4,15H2,1-3H3,(H,31,33,35)/b20-12+. The number of carbonyl (C=O) groups excluding carboxylic acids is 3. The monoisotopic (exact) mass is 522 g/mol. The molecule has 0 aromatic heterocycles. The van der Waals surface area contributed by atoms with E-state index in [0.29, 0.717) is 16.8 Å². The Morgan fingerprint density at radius 1 is 1.03 bits per heavy atom. The zero-order valence-electron chi connectivity index (χ0n) is 20.4. The van der Waals surface area contributed by atoms with E-state index < -0.39 is 23.7 Å². The smallest absolute Gasteiger partial charge is 0.335 e. The summed E-state index contributed by atoms with van der Waals surface area (Å²) in [5.41, 5.74) is 2.47. The maximum Gasteiger partial charge on any atom is 0.335 e. The van der Waals surface area contributed by atoms with Gasteiger partial charge in [0, 0.05) is 5.56 Å². The molecule has 0 radical (unpaired) electrons. The lowest BCUT2D eigenvalue weighted by Gasteiger charge is -2.28. The molecule has 4 amide bonds. The van der Waals surface area contributed by atoms with Gasteiger partial charge in [-0.25, -0.2) is 14.1 Å². The molecule has 9 heteroatoms. The van der Waals surface area contributed by atoms with Crippen molar-refractivity contribution in [3.8, 4) is 11.5 Å². The van der Waals surface area contributed by atoms with Gasteiger partial charge in [0.25, 0.3) is 11.8 Å². The van der Waals surface area contributed by atoms with Crippen LogP contribution in [0.5, 0.6) is 11.5 Å². The van der Waals surface area contributed by atoms with Gasteiger partial charge in [0.2, 0.25) is 0 Å². The average Bonchev–Trinajstić information content (AvgIpc) is 2.85. The predicted octanol–water partition coefficient (Wildman–Crippen LogP) is 5.74. The van der Waals surface area contributed by atoms with Gasteiger partial charge in [-0.1, -0.05) is 41.9 Å². The number of amides is 4. The Bertz CT molecular complexity index is 1440. The van der Waals surface area contributed by atoms with E-state index in [1.165, 1.54) is 18.2 Å². The molecule has 1 N–H and O–H groups in total. The Hall–Kier alpha value is -4.17. The zero-order valence-corrected chi connectivity index (χ0v) is 21.2. The predicted molar refractivity (Wildman–Crippen MR) is 138 cm³/mol. The number of hydrogen-bond donors (Lipinski definition) is 1. The normalized spacial score (nSPS) is 14.7. The summed E-state index contributed by atoms with van der Waals surface area (Å²) < 4.78 is 25.5. The van der Waals surface area contributed by atoms with Crippen LogP contribution in [0.25, 0.3) is 6.08 Å². The summed E-state index contributed by atoms with van der Waals surface area (Å²) in [6, 6.07) is 13.6. The first-order chi connectivity index (χ1) is 17.7. The Morgan fingerprint density at radius 3 is 2.51 bits per heavy atom. The first-order valence-electron chi connectivity index (χ1n) is 11.5. The maximum absolute atomic E-state index is 14.0. The van der Waals surface area contributed by atoms with Crippen LogP contribution in [0.1, 0.15) is 29.2 Å². The van der Waals surface area contributed by atoms with E-state index in [2.05, 4.69) is 5.32 Å². The minimum absolute atomic E-state index is 0.0826. The molecule has 1 aliphatic rings. The molecule has 1 saturated heterocycles. The van der Waals surface area contributed by atoms with Gasteiger partial charge in [0.15, 0.2) is 11.5 Å². The minimum atomic E-state index is -0.828. The number of aryl methyl sites for hydroxylation is 1. The van der Waals surface area contributed by atoms with Crippen molar-refractivity contribution in [1.82, 2.24) is 5.32 Å². The van der Waals surface area contributed by atoms with Crippen molar-refractivity contribution in [3.63, 3.8) is 0 Å². The Kier molecular flexibility index (Phi) is 7.59. The minimum Gasteiger partial charge on any atom is -0.490 e. The molecular weight excluding hydrogens is 499 g/mol. The SMILES string of the molecule is CCOc1cc(/C=C2\C(=O)NC(=O)N(c3cccc(C)c3C)C2=O)cc(Cl)c1OCc1ccccc1F. The van der Waals surface area contributed by atoms with Crippen LogP contribution in [0, 0.1) is 19.7 Å². The first kappa shape index (κ1) is 25.9. The highest BCUT2D eigenvalue weighted by Gasteiger charge is 2.37. The number of nitrogens with one attached hydrogen (secondary N) is 1. The molecule has 3 aromatic rings. The van der Waals surface area contributed by atoms with Crippen LogP contribution in [-0.2, 0) is 16.2 Å². The second kappa shape index (κ2) is 10.8. The quantitative estimate of drug-likeness (QED) is 0.316. The third kappa shape index (κ3) is 5.34. The highest BCUT2D eigenvalue weighted by molar-refractivity contribution is 6.39. The molecule has 1 fully saturated rings. The lowest BCUT2D eigenvalue weighted by molar-refractivity contribution is -0.122. The number of ether oxygens (including phenoxy) is 2. The van der Waals surface area contributed by atoms with Crippen LogP contribution in [0.2, 0.25) is 5.02 Å². The molecule has 0 aliphatic carbocycles. The van der Waals surface area contributed by atoms with E-state index in [9.17, 15) is 18.8 Å². The number of carbonyl (C=O) groups is 3.